The summed E-state index contributed by atoms with van der Waals surface area (Å²) in [6, 6.07) is 4.46. The molecule has 0 aliphatic carbocycles. The molecule has 2 unspecified atom stereocenters. The Bertz CT molecular complexity index is 788. The van der Waals surface area contributed by atoms with Crippen molar-refractivity contribution in [2.75, 3.05) is 6.61 Å². The van der Waals surface area contributed by atoms with Crippen molar-refractivity contribution in [3.63, 3.8) is 0 Å². The number of rotatable bonds is 4. The van der Waals surface area contributed by atoms with Gasteiger partial charge in [-0.2, -0.15) is 0 Å². The molecule has 0 spiro atoms. The summed E-state index contributed by atoms with van der Waals surface area (Å²) in [5.41, 5.74) is 4.89. The SMILES string of the molecule is CC(C)c1cnc2c(c1)OC(CC(C)c1cnc3c(c1)CCCO3)CC2. The van der Waals surface area contributed by atoms with E-state index in [-0.39, 0.29) is 6.10 Å². The van der Waals surface area contributed by atoms with Crippen LogP contribution in [0.3, 0.4) is 0 Å². The Morgan fingerprint density at radius 1 is 1.08 bits per heavy atom. The van der Waals surface area contributed by atoms with Crippen molar-refractivity contribution in [1.82, 2.24) is 9.97 Å². The third-order valence-corrected chi connectivity index (χ3v) is 5.58. The van der Waals surface area contributed by atoms with Crippen molar-refractivity contribution in [1.29, 1.82) is 0 Å². The van der Waals surface area contributed by atoms with Crippen LogP contribution in [-0.2, 0) is 12.8 Å². The third-order valence-electron chi connectivity index (χ3n) is 5.58. The van der Waals surface area contributed by atoms with Gasteiger partial charge >= 0.3 is 0 Å². The summed E-state index contributed by atoms with van der Waals surface area (Å²) in [5, 5.41) is 0. The molecule has 4 rings (SSSR count). The fourth-order valence-electron chi connectivity index (χ4n) is 3.85. The average molecular weight is 352 g/mol. The molecular weight excluding hydrogens is 324 g/mol. The number of aryl methyl sites for hydroxylation is 2. The van der Waals surface area contributed by atoms with Crippen molar-refractivity contribution in [3.8, 4) is 11.6 Å². The van der Waals surface area contributed by atoms with E-state index in [4.69, 9.17) is 9.47 Å². The molecule has 0 bridgehead atoms. The Hall–Kier alpha value is -2.10. The first-order chi connectivity index (χ1) is 12.6. The lowest BCUT2D eigenvalue weighted by Gasteiger charge is -2.28. The lowest BCUT2D eigenvalue weighted by atomic mass is 9.91. The quantitative estimate of drug-likeness (QED) is 0.792. The first kappa shape index (κ1) is 17.3. The smallest absolute Gasteiger partial charge is 0.216 e. The molecule has 2 aliphatic rings. The van der Waals surface area contributed by atoms with E-state index in [0.717, 1.165) is 56.0 Å². The van der Waals surface area contributed by atoms with Crippen LogP contribution >= 0.6 is 0 Å². The first-order valence-corrected chi connectivity index (χ1v) is 9.87. The summed E-state index contributed by atoms with van der Waals surface area (Å²) in [6.45, 7) is 7.45. The van der Waals surface area contributed by atoms with Gasteiger partial charge in [-0.25, -0.2) is 4.98 Å². The normalized spacial score (nSPS) is 19.9. The highest BCUT2D eigenvalue weighted by atomic mass is 16.5. The Morgan fingerprint density at radius 3 is 2.77 bits per heavy atom. The summed E-state index contributed by atoms with van der Waals surface area (Å²) < 4.78 is 12.0. The zero-order valence-corrected chi connectivity index (χ0v) is 16.0. The lowest BCUT2D eigenvalue weighted by Crippen LogP contribution is -2.25. The van der Waals surface area contributed by atoms with Crippen LogP contribution in [0.15, 0.2) is 24.5 Å². The highest BCUT2D eigenvalue weighted by Gasteiger charge is 2.24. The summed E-state index contributed by atoms with van der Waals surface area (Å²) in [7, 11) is 0. The maximum Gasteiger partial charge on any atom is 0.216 e. The number of nitrogens with zero attached hydrogens (tertiary/aromatic N) is 2. The number of pyridine rings is 2. The molecule has 2 aromatic rings. The van der Waals surface area contributed by atoms with Gasteiger partial charge in [-0.05, 0) is 67.2 Å². The minimum absolute atomic E-state index is 0.244. The Labute approximate surface area is 156 Å². The van der Waals surface area contributed by atoms with Crippen LogP contribution in [-0.4, -0.2) is 22.7 Å². The second-order valence-electron chi connectivity index (χ2n) is 7.97. The molecule has 0 fully saturated rings. The fourth-order valence-corrected chi connectivity index (χ4v) is 3.85. The van der Waals surface area contributed by atoms with Gasteiger partial charge in [-0.3, -0.25) is 4.98 Å². The Kier molecular flexibility index (Phi) is 4.84. The van der Waals surface area contributed by atoms with Crippen LogP contribution in [0.25, 0.3) is 0 Å². The van der Waals surface area contributed by atoms with E-state index in [1.807, 2.05) is 12.4 Å². The molecule has 0 saturated heterocycles. The molecular formula is C22H28N2O2. The molecule has 4 heteroatoms. The molecule has 4 nitrogen and oxygen atoms in total. The molecule has 0 saturated carbocycles. The van der Waals surface area contributed by atoms with E-state index in [9.17, 15) is 0 Å². The van der Waals surface area contributed by atoms with Gasteiger partial charge < -0.3 is 9.47 Å². The molecule has 138 valence electrons. The number of aromatic nitrogens is 2. The topological polar surface area (TPSA) is 44.2 Å². The van der Waals surface area contributed by atoms with Crippen molar-refractivity contribution in [2.24, 2.45) is 0 Å². The van der Waals surface area contributed by atoms with E-state index in [0.29, 0.717) is 11.8 Å². The van der Waals surface area contributed by atoms with Gasteiger partial charge in [-0.15, -0.1) is 0 Å². The number of hydrogen-bond acceptors (Lipinski definition) is 4. The predicted molar refractivity (Wildman–Crippen MR) is 102 cm³/mol. The fraction of sp³-hybridized carbons (Fsp3) is 0.545. The van der Waals surface area contributed by atoms with Crippen molar-refractivity contribution < 1.29 is 9.47 Å². The van der Waals surface area contributed by atoms with E-state index >= 15 is 0 Å². The van der Waals surface area contributed by atoms with Crippen LogP contribution in [0, 0.1) is 0 Å². The highest BCUT2D eigenvalue weighted by Crippen LogP contribution is 2.34. The number of ether oxygens (including phenoxy) is 2. The third kappa shape index (κ3) is 3.55. The Balaban J connectivity index is 1.45. The van der Waals surface area contributed by atoms with Crippen molar-refractivity contribution in [2.45, 2.75) is 70.8 Å². The average Bonchev–Trinajstić information content (AvgIpc) is 2.67. The zero-order chi connectivity index (χ0) is 18.1. The summed E-state index contributed by atoms with van der Waals surface area (Å²) in [5.74, 6) is 2.70. The first-order valence-electron chi connectivity index (χ1n) is 9.87. The van der Waals surface area contributed by atoms with Gasteiger partial charge in [-0.1, -0.05) is 20.8 Å². The summed E-state index contributed by atoms with van der Waals surface area (Å²) >= 11 is 0. The van der Waals surface area contributed by atoms with Gasteiger partial charge in [0.05, 0.1) is 18.4 Å². The van der Waals surface area contributed by atoms with E-state index in [1.54, 1.807) is 0 Å². The van der Waals surface area contributed by atoms with Gasteiger partial charge in [0, 0.05) is 18.0 Å². The number of hydrogen-bond donors (Lipinski definition) is 0. The minimum Gasteiger partial charge on any atom is -0.488 e. The molecule has 0 radical (unpaired) electrons. The van der Waals surface area contributed by atoms with Gasteiger partial charge in [0.2, 0.25) is 5.88 Å². The summed E-state index contributed by atoms with van der Waals surface area (Å²) in [6.07, 6.45) is 9.41. The minimum atomic E-state index is 0.244. The van der Waals surface area contributed by atoms with Crippen LogP contribution < -0.4 is 9.47 Å². The van der Waals surface area contributed by atoms with Gasteiger partial charge in [0.25, 0.3) is 0 Å². The van der Waals surface area contributed by atoms with E-state index in [2.05, 4.69) is 42.9 Å². The predicted octanol–water partition coefficient (Wildman–Crippen LogP) is 4.81. The molecule has 4 heterocycles. The van der Waals surface area contributed by atoms with Crippen molar-refractivity contribution in [3.05, 3.63) is 46.9 Å². The van der Waals surface area contributed by atoms with Crippen LogP contribution in [0.2, 0.25) is 0 Å². The number of fused-ring (bicyclic) bond motifs is 2. The molecule has 0 aromatic carbocycles. The second kappa shape index (κ2) is 7.26. The van der Waals surface area contributed by atoms with E-state index < -0.39 is 0 Å². The highest BCUT2D eigenvalue weighted by molar-refractivity contribution is 5.35. The molecule has 0 N–H and O–H groups in total. The standard InChI is InChI=1S/C22H28N2O2/c1-14(2)17-11-21-20(23-12-17)7-6-19(26-21)9-15(3)18-10-16-5-4-8-25-22(16)24-13-18/h10-15,19H,4-9H2,1-3H3. The molecule has 2 aromatic heterocycles. The van der Waals surface area contributed by atoms with Crippen LogP contribution in [0.4, 0.5) is 0 Å². The second-order valence-corrected chi connectivity index (χ2v) is 7.97. The van der Waals surface area contributed by atoms with Crippen LogP contribution in [0.5, 0.6) is 11.6 Å². The molecule has 2 atom stereocenters. The monoisotopic (exact) mass is 352 g/mol. The maximum absolute atomic E-state index is 6.32. The maximum atomic E-state index is 6.32. The zero-order valence-electron chi connectivity index (χ0n) is 16.0. The summed E-state index contributed by atoms with van der Waals surface area (Å²) in [4.78, 5) is 9.14. The molecule has 0 amide bonds. The van der Waals surface area contributed by atoms with Gasteiger partial charge in [0.1, 0.15) is 5.75 Å². The van der Waals surface area contributed by atoms with Crippen LogP contribution in [0.1, 0.15) is 74.3 Å². The molecule has 26 heavy (non-hydrogen) atoms. The lowest BCUT2D eigenvalue weighted by molar-refractivity contribution is 0.154. The van der Waals surface area contributed by atoms with E-state index in [1.165, 1.54) is 16.7 Å². The largest absolute Gasteiger partial charge is 0.488 e. The Morgan fingerprint density at radius 2 is 1.92 bits per heavy atom. The van der Waals surface area contributed by atoms with Gasteiger partial charge in [0.15, 0.2) is 0 Å². The van der Waals surface area contributed by atoms with Crippen molar-refractivity contribution >= 4 is 0 Å². The molecule has 2 aliphatic heterocycles.